The Bertz CT molecular complexity index is 344. The fraction of sp³-hybridized carbons (Fsp3) is 0.500. The second-order valence-corrected chi connectivity index (χ2v) is 3.83. The molecular weight excluding hydrogens is 209 g/mol. The van der Waals surface area contributed by atoms with E-state index in [-0.39, 0.29) is 24.5 Å². The van der Waals surface area contributed by atoms with Crippen molar-refractivity contribution in [2.24, 2.45) is 0 Å². The van der Waals surface area contributed by atoms with Gasteiger partial charge in [-0.05, 0) is 26.0 Å². The van der Waals surface area contributed by atoms with Crippen LogP contribution in [0.4, 0.5) is 4.39 Å². The van der Waals surface area contributed by atoms with Gasteiger partial charge < -0.3 is 15.2 Å². The summed E-state index contributed by atoms with van der Waals surface area (Å²) in [7, 11) is 1.51. The van der Waals surface area contributed by atoms with Crippen molar-refractivity contribution >= 4 is 0 Å². The molecular formula is C12H18FNO2. The molecule has 3 nitrogen and oxygen atoms in total. The molecule has 90 valence electrons. The van der Waals surface area contributed by atoms with Crippen LogP contribution in [0.1, 0.15) is 25.5 Å². The third-order valence-corrected chi connectivity index (χ3v) is 2.47. The molecule has 0 amide bonds. The fourth-order valence-corrected chi connectivity index (χ4v) is 1.68. The van der Waals surface area contributed by atoms with Crippen LogP contribution in [-0.2, 0) is 0 Å². The summed E-state index contributed by atoms with van der Waals surface area (Å²) < 4.78 is 18.8. The normalized spacial score (nSPS) is 14.6. The molecule has 0 aliphatic carbocycles. The van der Waals surface area contributed by atoms with Crippen LogP contribution in [-0.4, -0.2) is 24.9 Å². The predicted octanol–water partition coefficient (Wildman–Crippen LogP) is 1.87. The number of benzene rings is 1. The summed E-state index contributed by atoms with van der Waals surface area (Å²) in [6.07, 6.45) is 0. The van der Waals surface area contributed by atoms with Gasteiger partial charge in [0.15, 0.2) is 0 Å². The summed E-state index contributed by atoms with van der Waals surface area (Å²) >= 11 is 0. The van der Waals surface area contributed by atoms with Crippen LogP contribution >= 0.6 is 0 Å². The van der Waals surface area contributed by atoms with Crippen molar-refractivity contribution in [1.82, 2.24) is 5.32 Å². The van der Waals surface area contributed by atoms with Crippen LogP contribution in [0.2, 0.25) is 0 Å². The zero-order chi connectivity index (χ0) is 12.1. The Labute approximate surface area is 95.2 Å². The van der Waals surface area contributed by atoms with Crippen LogP contribution in [0.15, 0.2) is 18.2 Å². The van der Waals surface area contributed by atoms with Gasteiger partial charge in [0.25, 0.3) is 0 Å². The Hall–Kier alpha value is -1.13. The molecule has 1 rings (SSSR count). The number of methoxy groups -OCH3 is 1. The third-order valence-electron chi connectivity index (χ3n) is 2.47. The van der Waals surface area contributed by atoms with Gasteiger partial charge in [0.2, 0.25) is 0 Å². The molecule has 0 aliphatic heterocycles. The first-order chi connectivity index (χ1) is 7.60. The van der Waals surface area contributed by atoms with Gasteiger partial charge in [0.1, 0.15) is 11.6 Å². The molecule has 2 N–H and O–H groups in total. The van der Waals surface area contributed by atoms with Crippen LogP contribution < -0.4 is 10.1 Å². The standard InChI is InChI=1S/C12H18FNO2/c1-8(7-15)14-9(2)12-10(13)5-4-6-11(12)16-3/h4-6,8-9,14-15H,7H2,1-3H3/t8-,9?/m1/s1. The highest BCUT2D eigenvalue weighted by Gasteiger charge is 2.17. The van der Waals surface area contributed by atoms with E-state index >= 15 is 0 Å². The minimum Gasteiger partial charge on any atom is -0.496 e. The quantitative estimate of drug-likeness (QED) is 0.806. The summed E-state index contributed by atoms with van der Waals surface area (Å²) in [6, 6.07) is 4.44. The molecule has 0 saturated carbocycles. The van der Waals surface area contributed by atoms with Crippen LogP contribution in [0.3, 0.4) is 0 Å². The molecule has 0 spiro atoms. The third kappa shape index (κ3) is 2.93. The van der Waals surface area contributed by atoms with Crippen molar-refractivity contribution < 1.29 is 14.2 Å². The maximum atomic E-state index is 13.7. The average molecular weight is 227 g/mol. The van der Waals surface area contributed by atoms with Gasteiger partial charge >= 0.3 is 0 Å². The fourth-order valence-electron chi connectivity index (χ4n) is 1.68. The molecule has 16 heavy (non-hydrogen) atoms. The van der Waals surface area contributed by atoms with Crippen molar-refractivity contribution in [3.8, 4) is 5.75 Å². The molecule has 2 atom stereocenters. The van der Waals surface area contributed by atoms with Crippen molar-refractivity contribution in [3.05, 3.63) is 29.6 Å². The number of aliphatic hydroxyl groups excluding tert-OH is 1. The molecule has 4 heteroatoms. The maximum absolute atomic E-state index is 13.7. The first kappa shape index (κ1) is 12.9. The topological polar surface area (TPSA) is 41.5 Å². The second kappa shape index (κ2) is 5.82. The molecule has 0 fully saturated rings. The van der Waals surface area contributed by atoms with E-state index < -0.39 is 0 Å². The number of hydrogen-bond donors (Lipinski definition) is 2. The van der Waals surface area contributed by atoms with Crippen LogP contribution in [0.5, 0.6) is 5.75 Å². The van der Waals surface area contributed by atoms with Gasteiger partial charge in [0.05, 0.1) is 13.7 Å². The monoisotopic (exact) mass is 227 g/mol. The van der Waals surface area contributed by atoms with Crippen molar-refractivity contribution in [1.29, 1.82) is 0 Å². The Morgan fingerprint density at radius 2 is 2.12 bits per heavy atom. The minimum absolute atomic E-state index is 0.0150. The van der Waals surface area contributed by atoms with E-state index in [1.54, 1.807) is 12.1 Å². The van der Waals surface area contributed by atoms with E-state index in [2.05, 4.69) is 5.32 Å². The summed E-state index contributed by atoms with van der Waals surface area (Å²) in [5.74, 6) is 0.217. The number of halogens is 1. The number of aliphatic hydroxyl groups is 1. The van der Waals surface area contributed by atoms with Gasteiger partial charge in [-0.3, -0.25) is 0 Å². The second-order valence-electron chi connectivity index (χ2n) is 3.83. The highest BCUT2D eigenvalue weighted by molar-refractivity contribution is 5.36. The Kier molecular flexibility index (Phi) is 4.71. The highest BCUT2D eigenvalue weighted by Crippen LogP contribution is 2.27. The molecule has 1 unspecified atom stereocenters. The number of hydrogen-bond acceptors (Lipinski definition) is 3. The smallest absolute Gasteiger partial charge is 0.131 e. The van der Waals surface area contributed by atoms with Gasteiger partial charge in [-0.2, -0.15) is 0 Å². The SMILES string of the molecule is COc1cccc(F)c1C(C)N[C@H](C)CO. The van der Waals surface area contributed by atoms with E-state index in [4.69, 9.17) is 9.84 Å². The van der Waals surface area contributed by atoms with E-state index in [1.165, 1.54) is 13.2 Å². The zero-order valence-corrected chi connectivity index (χ0v) is 9.83. The molecule has 1 aromatic rings. The van der Waals surface area contributed by atoms with Crippen LogP contribution in [0, 0.1) is 5.82 Å². The number of ether oxygens (including phenoxy) is 1. The molecule has 0 bridgehead atoms. The Morgan fingerprint density at radius 1 is 1.44 bits per heavy atom. The van der Waals surface area contributed by atoms with E-state index in [1.807, 2.05) is 13.8 Å². The lowest BCUT2D eigenvalue weighted by atomic mass is 10.1. The van der Waals surface area contributed by atoms with Gasteiger partial charge in [-0.15, -0.1) is 0 Å². The van der Waals surface area contributed by atoms with E-state index in [0.29, 0.717) is 11.3 Å². The van der Waals surface area contributed by atoms with E-state index in [9.17, 15) is 4.39 Å². The van der Waals surface area contributed by atoms with Crippen molar-refractivity contribution in [3.63, 3.8) is 0 Å². The first-order valence-corrected chi connectivity index (χ1v) is 5.29. The lowest BCUT2D eigenvalue weighted by Crippen LogP contribution is -2.32. The van der Waals surface area contributed by atoms with Gasteiger partial charge in [-0.25, -0.2) is 4.39 Å². The summed E-state index contributed by atoms with van der Waals surface area (Å²) in [4.78, 5) is 0. The van der Waals surface area contributed by atoms with E-state index in [0.717, 1.165) is 0 Å². The lowest BCUT2D eigenvalue weighted by Gasteiger charge is -2.21. The maximum Gasteiger partial charge on any atom is 0.131 e. The Balaban J connectivity index is 2.93. The molecule has 1 aromatic carbocycles. The van der Waals surface area contributed by atoms with Gasteiger partial charge in [-0.1, -0.05) is 6.07 Å². The molecule has 0 saturated heterocycles. The molecule has 0 heterocycles. The summed E-state index contributed by atoms with van der Waals surface area (Å²) in [5.41, 5.74) is 0.491. The predicted molar refractivity (Wildman–Crippen MR) is 61.1 cm³/mol. The molecule has 0 aliphatic rings. The Morgan fingerprint density at radius 3 is 2.69 bits per heavy atom. The van der Waals surface area contributed by atoms with Crippen molar-refractivity contribution in [2.75, 3.05) is 13.7 Å². The lowest BCUT2D eigenvalue weighted by molar-refractivity contribution is 0.241. The summed E-state index contributed by atoms with van der Waals surface area (Å²) in [6.45, 7) is 3.69. The minimum atomic E-state index is -0.301. The summed E-state index contributed by atoms with van der Waals surface area (Å²) in [5, 5.41) is 12.0. The first-order valence-electron chi connectivity index (χ1n) is 5.29. The van der Waals surface area contributed by atoms with Crippen LogP contribution in [0.25, 0.3) is 0 Å². The van der Waals surface area contributed by atoms with Gasteiger partial charge in [0, 0.05) is 17.6 Å². The zero-order valence-electron chi connectivity index (χ0n) is 9.83. The molecule has 0 radical (unpaired) electrons. The van der Waals surface area contributed by atoms with Crippen molar-refractivity contribution in [2.45, 2.75) is 25.9 Å². The number of rotatable bonds is 5. The molecule has 0 aromatic heterocycles. The average Bonchev–Trinajstić information content (AvgIpc) is 2.28. The number of nitrogens with one attached hydrogen (secondary N) is 1. The largest absolute Gasteiger partial charge is 0.496 e. The highest BCUT2D eigenvalue weighted by atomic mass is 19.1.